The highest BCUT2D eigenvalue weighted by molar-refractivity contribution is 7.19. The zero-order valence-corrected chi connectivity index (χ0v) is 8.56. The van der Waals surface area contributed by atoms with Gasteiger partial charge in [0.1, 0.15) is 6.17 Å². The molecule has 0 aliphatic carbocycles. The van der Waals surface area contributed by atoms with Crippen LogP contribution in [0.3, 0.4) is 0 Å². The first-order chi connectivity index (χ1) is 6.81. The smallest absolute Gasteiger partial charge is 0.135 e. The number of hydrogen-bond donors (Lipinski definition) is 1. The van der Waals surface area contributed by atoms with E-state index in [-0.39, 0.29) is 0 Å². The highest BCUT2D eigenvalue weighted by atomic mass is 32.1. The highest BCUT2D eigenvalue weighted by Gasteiger charge is 2.11. The minimum Gasteiger partial charge on any atom is -0.330 e. The van der Waals surface area contributed by atoms with Gasteiger partial charge in [-0.2, -0.15) is 0 Å². The summed E-state index contributed by atoms with van der Waals surface area (Å²) in [6, 6.07) is 9.87. The van der Waals surface area contributed by atoms with Crippen LogP contribution in [0.15, 0.2) is 30.3 Å². The Morgan fingerprint density at radius 1 is 1.36 bits per heavy atom. The molecule has 2 N–H and O–H groups in total. The van der Waals surface area contributed by atoms with Crippen molar-refractivity contribution < 1.29 is 4.39 Å². The van der Waals surface area contributed by atoms with Crippen LogP contribution >= 0.6 is 11.3 Å². The van der Waals surface area contributed by atoms with Crippen molar-refractivity contribution in [1.29, 1.82) is 0 Å². The van der Waals surface area contributed by atoms with E-state index < -0.39 is 6.17 Å². The molecule has 0 bridgehead atoms. The first kappa shape index (κ1) is 9.62. The molecule has 1 nitrogen and oxygen atoms in total. The topological polar surface area (TPSA) is 26.0 Å². The predicted octanol–water partition coefficient (Wildman–Crippen LogP) is 3.26. The van der Waals surface area contributed by atoms with Crippen LogP contribution < -0.4 is 5.73 Å². The maximum atomic E-state index is 13.5. The molecule has 0 aliphatic heterocycles. The molecule has 1 heterocycles. The number of hydrogen-bond acceptors (Lipinski definition) is 2. The molecular formula is C11H12FNS. The lowest BCUT2D eigenvalue weighted by Gasteiger charge is -2.01. The highest BCUT2D eigenvalue weighted by Crippen LogP contribution is 2.32. The van der Waals surface area contributed by atoms with Gasteiger partial charge in [0.2, 0.25) is 0 Å². The molecule has 1 unspecified atom stereocenters. The largest absolute Gasteiger partial charge is 0.330 e. The molecule has 14 heavy (non-hydrogen) atoms. The van der Waals surface area contributed by atoms with Crippen LogP contribution in [0.2, 0.25) is 0 Å². The summed E-state index contributed by atoms with van der Waals surface area (Å²) in [7, 11) is 0. The number of fused-ring (bicyclic) bond motifs is 1. The Morgan fingerprint density at radius 3 is 2.86 bits per heavy atom. The van der Waals surface area contributed by atoms with E-state index in [2.05, 4.69) is 0 Å². The average molecular weight is 209 g/mol. The molecule has 1 aromatic carbocycles. The quantitative estimate of drug-likeness (QED) is 0.825. The van der Waals surface area contributed by atoms with Crippen molar-refractivity contribution in [3.63, 3.8) is 0 Å². The maximum absolute atomic E-state index is 13.5. The van der Waals surface area contributed by atoms with Gasteiger partial charge in [0, 0.05) is 9.58 Å². The number of halogens is 1. The fourth-order valence-corrected chi connectivity index (χ4v) is 2.52. The van der Waals surface area contributed by atoms with E-state index in [9.17, 15) is 4.39 Å². The fraction of sp³-hybridized carbons (Fsp3) is 0.273. The Balaban J connectivity index is 2.35. The molecule has 3 heteroatoms. The third-order valence-corrected chi connectivity index (χ3v) is 3.37. The first-order valence-electron chi connectivity index (χ1n) is 4.64. The van der Waals surface area contributed by atoms with Gasteiger partial charge in [0.25, 0.3) is 0 Å². The number of nitrogens with two attached hydrogens (primary N) is 1. The zero-order chi connectivity index (χ0) is 9.97. The SMILES string of the molecule is NCCC(F)c1cc2ccccc2s1. The van der Waals surface area contributed by atoms with Gasteiger partial charge in [-0.15, -0.1) is 11.3 Å². The van der Waals surface area contributed by atoms with Gasteiger partial charge in [-0.1, -0.05) is 18.2 Å². The predicted molar refractivity (Wildman–Crippen MR) is 59.3 cm³/mol. The lowest BCUT2D eigenvalue weighted by Crippen LogP contribution is -2.02. The summed E-state index contributed by atoms with van der Waals surface area (Å²) < 4.78 is 14.6. The monoisotopic (exact) mass is 209 g/mol. The second kappa shape index (κ2) is 4.07. The molecule has 0 fully saturated rings. The number of thiophene rings is 1. The van der Waals surface area contributed by atoms with Crippen molar-refractivity contribution in [2.75, 3.05) is 6.54 Å². The normalized spacial score (nSPS) is 13.3. The molecule has 0 spiro atoms. The molecule has 74 valence electrons. The van der Waals surface area contributed by atoms with Gasteiger partial charge in [-0.25, -0.2) is 4.39 Å². The van der Waals surface area contributed by atoms with Gasteiger partial charge in [-0.05, 0) is 30.5 Å². The molecule has 0 saturated carbocycles. The van der Waals surface area contributed by atoms with Gasteiger partial charge < -0.3 is 5.73 Å². The van der Waals surface area contributed by atoms with Crippen LogP contribution in [0, 0.1) is 0 Å². The van der Waals surface area contributed by atoms with E-state index in [0.29, 0.717) is 13.0 Å². The Morgan fingerprint density at radius 2 is 2.14 bits per heavy atom. The van der Waals surface area contributed by atoms with Crippen molar-refractivity contribution in [2.45, 2.75) is 12.6 Å². The van der Waals surface area contributed by atoms with Gasteiger partial charge in [-0.3, -0.25) is 0 Å². The molecule has 0 saturated heterocycles. The van der Waals surface area contributed by atoms with E-state index in [1.54, 1.807) is 0 Å². The van der Waals surface area contributed by atoms with Crippen molar-refractivity contribution >= 4 is 21.4 Å². The molecule has 2 aromatic rings. The van der Waals surface area contributed by atoms with Crippen LogP contribution in [0.1, 0.15) is 17.5 Å². The molecule has 1 aromatic heterocycles. The van der Waals surface area contributed by atoms with Crippen LogP contribution in [-0.2, 0) is 0 Å². The summed E-state index contributed by atoms with van der Waals surface area (Å²) in [6.07, 6.45) is -0.496. The second-order valence-corrected chi connectivity index (χ2v) is 4.35. The lowest BCUT2D eigenvalue weighted by molar-refractivity contribution is 0.333. The van der Waals surface area contributed by atoms with E-state index in [1.165, 1.54) is 11.3 Å². The average Bonchev–Trinajstić information content (AvgIpc) is 2.61. The molecule has 0 aliphatic rings. The Labute approximate surface area is 86.4 Å². The second-order valence-electron chi connectivity index (χ2n) is 3.23. The third kappa shape index (κ3) is 1.79. The minimum atomic E-state index is -0.905. The van der Waals surface area contributed by atoms with Crippen LogP contribution in [0.5, 0.6) is 0 Å². The van der Waals surface area contributed by atoms with Crippen molar-refractivity contribution in [1.82, 2.24) is 0 Å². The van der Waals surface area contributed by atoms with Gasteiger partial charge in [0.15, 0.2) is 0 Å². The molecule has 1 atom stereocenters. The summed E-state index contributed by atoms with van der Waals surface area (Å²) in [6.45, 7) is 0.398. The molecule has 2 rings (SSSR count). The number of benzene rings is 1. The maximum Gasteiger partial charge on any atom is 0.135 e. The molecular weight excluding hydrogens is 197 g/mol. The van der Waals surface area contributed by atoms with E-state index >= 15 is 0 Å². The van der Waals surface area contributed by atoms with E-state index in [0.717, 1.165) is 15.0 Å². The van der Waals surface area contributed by atoms with Gasteiger partial charge >= 0.3 is 0 Å². The van der Waals surface area contributed by atoms with Crippen molar-refractivity contribution in [3.8, 4) is 0 Å². The summed E-state index contributed by atoms with van der Waals surface area (Å²) in [5, 5.41) is 1.12. The summed E-state index contributed by atoms with van der Waals surface area (Å²) >= 11 is 1.51. The Hall–Kier alpha value is -0.930. The number of rotatable bonds is 3. The van der Waals surface area contributed by atoms with Crippen molar-refractivity contribution in [2.24, 2.45) is 5.73 Å². The summed E-state index contributed by atoms with van der Waals surface area (Å²) in [4.78, 5) is 0.789. The van der Waals surface area contributed by atoms with Crippen LogP contribution in [0.4, 0.5) is 4.39 Å². The van der Waals surface area contributed by atoms with Crippen LogP contribution in [-0.4, -0.2) is 6.54 Å². The third-order valence-electron chi connectivity index (χ3n) is 2.17. The summed E-state index contributed by atoms with van der Waals surface area (Å²) in [5.41, 5.74) is 5.33. The van der Waals surface area contributed by atoms with E-state index in [4.69, 9.17) is 5.73 Å². The Bertz CT molecular complexity index is 391. The van der Waals surface area contributed by atoms with Gasteiger partial charge in [0.05, 0.1) is 0 Å². The minimum absolute atomic E-state index is 0.398. The first-order valence-corrected chi connectivity index (χ1v) is 5.45. The number of alkyl halides is 1. The van der Waals surface area contributed by atoms with E-state index in [1.807, 2.05) is 30.3 Å². The zero-order valence-electron chi connectivity index (χ0n) is 7.74. The Kier molecular flexibility index (Phi) is 2.79. The standard InChI is InChI=1S/C11H12FNS/c12-9(5-6-13)11-7-8-3-1-2-4-10(8)14-11/h1-4,7,9H,5-6,13H2. The van der Waals surface area contributed by atoms with Crippen molar-refractivity contribution in [3.05, 3.63) is 35.2 Å². The fourth-order valence-electron chi connectivity index (χ4n) is 1.45. The lowest BCUT2D eigenvalue weighted by atomic mass is 10.2. The molecule has 0 radical (unpaired) electrons. The summed E-state index contributed by atoms with van der Waals surface area (Å²) in [5.74, 6) is 0. The van der Waals surface area contributed by atoms with Crippen LogP contribution in [0.25, 0.3) is 10.1 Å². The molecule has 0 amide bonds.